The van der Waals surface area contributed by atoms with E-state index >= 15 is 0 Å². The van der Waals surface area contributed by atoms with Crippen molar-refractivity contribution in [1.82, 2.24) is 0 Å². The van der Waals surface area contributed by atoms with Gasteiger partial charge in [-0.25, -0.2) is 0 Å². The van der Waals surface area contributed by atoms with Crippen LogP contribution in [0.3, 0.4) is 0 Å². The predicted molar refractivity (Wildman–Crippen MR) is 50.9 cm³/mol. The molecule has 5 heteroatoms. The van der Waals surface area contributed by atoms with Gasteiger partial charge in [0.05, 0.1) is 5.92 Å². The lowest BCUT2D eigenvalue weighted by Gasteiger charge is -2.03. The Morgan fingerprint density at radius 3 is 2.70 bits per heavy atom. The molecule has 0 saturated heterocycles. The lowest BCUT2D eigenvalue weighted by molar-refractivity contribution is -0.141. The minimum atomic E-state index is -0.948. The monoisotopic (exact) mass is 198 g/mol. The van der Waals surface area contributed by atoms with Gasteiger partial charge in [0.15, 0.2) is 0 Å². The van der Waals surface area contributed by atoms with E-state index in [4.69, 9.17) is 16.9 Å². The van der Waals surface area contributed by atoms with Gasteiger partial charge in [-0.3, -0.25) is 4.79 Å². The summed E-state index contributed by atoms with van der Waals surface area (Å²) in [6, 6.07) is 0. The maximum atomic E-state index is 10.3. The molecule has 0 radical (unpaired) electrons. The average Bonchev–Trinajstić information content (AvgIpc) is 1.82. The van der Waals surface area contributed by atoms with Crippen LogP contribution >= 0.6 is 18.1 Å². The molecule has 0 aliphatic rings. The Labute approximate surface area is 71.6 Å². The topological polar surface area (TPSA) is 37.3 Å². The summed E-state index contributed by atoms with van der Waals surface area (Å²) in [5, 5.41) is 8.45. The molecule has 0 spiro atoms. The second-order valence-corrected chi connectivity index (χ2v) is 7.46. The second kappa shape index (κ2) is 5.16. The largest absolute Gasteiger partial charge is 0.481 e. The summed E-state index contributed by atoms with van der Waals surface area (Å²) in [5.74, 6) is -1.96. The van der Waals surface area contributed by atoms with Gasteiger partial charge in [-0.15, -0.1) is 12.2 Å². The van der Waals surface area contributed by atoms with Crippen molar-refractivity contribution in [3.63, 3.8) is 0 Å². The summed E-state index contributed by atoms with van der Waals surface area (Å²) >= 11 is 8.92. The van der Waals surface area contributed by atoms with Gasteiger partial charge in [-0.1, -0.05) is 18.7 Å². The Morgan fingerprint density at radius 1 is 1.90 bits per heavy atom. The van der Waals surface area contributed by atoms with E-state index in [-0.39, 0.29) is 5.92 Å². The van der Waals surface area contributed by atoms with Gasteiger partial charge in [0, 0.05) is 0 Å². The summed E-state index contributed by atoms with van der Waals surface area (Å²) in [4.78, 5) is 10.3. The fraction of sp³-hybridized carbons (Fsp3) is 0.800. The van der Waals surface area contributed by atoms with Crippen LogP contribution in [-0.4, -0.2) is 17.2 Å². The lowest BCUT2D eigenvalue weighted by atomic mass is 10.1. The zero-order valence-corrected chi connectivity index (χ0v) is 8.41. The molecule has 0 fully saturated rings. The highest BCUT2D eigenvalue weighted by molar-refractivity contribution is 8.56. The van der Waals surface area contributed by atoms with E-state index in [0.717, 1.165) is 6.16 Å². The Kier molecular flexibility index (Phi) is 5.41. The van der Waals surface area contributed by atoms with Crippen LogP contribution in [0, 0.1) is 5.92 Å². The van der Waals surface area contributed by atoms with Gasteiger partial charge in [0.25, 0.3) is 0 Å². The predicted octanol–water partition coefficient (Wildman–Crippen LogP) is 1.62. The highest BCUT2D eigenvalue weighted by Gasteiger charge is 2.09. The van der Waals surface area contributed by atoms with E-state index in [1.165, 1.54) is 0 Å². The molecule has 0 amide bonds. The lowest BCUT2D eigenvalue weighted by Crippen LogP contribution is -2.09. The fourth-order valence-corrected chi connectivity index (χ4v) is 1.88. The maximum absolute atomic E-state index is 10.3. The molecule has 2 nitrogen and oxygen atoms in total. The second-order valence-electron chi connectivity index (χ2n) is 2.17. The highest BCUT2D eigenvalue weighted by atomic mass is 32.9. The molecule has 0 aromatic rings. The summed E-state index contributed by atoms with van der Waals surface area (Å²) < 4.78 is 0. The molecule has 0 bridgehead atoms. The number of carboxylic acids is 1. The van der Waals surface area contributed by atoms with E-state index in [1.54, 1.807) is 6.92 Å². The number of thiol groups is 1. The summed E-state index contributed by atoms with van der Waals surface area (Å²) in [6.07, 6.45) is 1.45. The van der Waals surface area contributed by atoms with Gasteiger partial charge in [0.1, 0.15) is 0 Å². The Balaban J connectivity index is 3.49. The average molecular weight is 198 g/mol. The number of hydrogen-bond donors (Lipinski definition) is 2. The smallest absolute Gasteiger partial charge is 0.306 e. The van der Waals surface area contributed by atoms with Gasteiger partial charge in [-0.05, 0) is 18.5 Å². The zero-order chi connectivity index (χ0) is 8.15. The number of aliphatic carboxylic acids is 1. The van der Waals surface area contributed by atoms with Crippen LogP contribution in [0.2, 0.25) is 0 Å². The van der Waals surface area contributed by atoms with Crippen molar-refractivity contribution in [2.75, 3.05) is 6.16 Å². The number of hydrogen-bond acceptors (Lipinski definition) is 2. The van der Waals surface area contributed by atoms with E-state index < -0.39 is 11.9 Å². The molecule has 0 aromatic carbocycles. The van der Waals surface area contributed by atoms with Crippen LogP contribution in [-0.2, 0) is 16.6 Å². The molecule has 2 atom stereocenters. The first kappa shape index (κ1) is 10.5. The van der Waals surface area contributed by atoms with Crippen molar-refractivity contribution in [2.24, 2.45) is 5.92 Å². The van der Waals surface area contributed by atoms with Gasteiger partial charge in [-0.2, -0.15) is 0 Å². The molecule has 10 heavy (non-hydrogen) atoms. The first-order valence-electron chi connectivity index (χ1n) is 2.98. The zero-order valence-electron chi connectivity index (χ0n) is 5.70. The van der Waals surface area contributed by atoms with Crippen molar-refractivity contribution in [3.05, 3.63) is 0 Å². The van der Waals surface area contributed by atoms with Crippen LogP contribution in [0.25, 0.3) is 0 Å². The number of carboxylic acid groups (broad SMARTS) is 1. The van der Waals surface area contributed by atoms with Gasteiger partial charge >= 0.3 is 5.97 Å². The van der Waals surface area contributed by atoms with Crippen LogP contribution < -0.4 is 0 Å². The molecule has 1 N–H and O–H groups in total. The number of carbonyl (C=O) groups is 1. The molecule has 2 unspecified atom stereocenters. The van der Waals surface area contributed by atoms with Gasteiger partial charge < -0.3 is 5.11 Å². The first-order chi connectivity index (χ1) is 4.54. The standard InChI is InChI=1S/C5H11O2PS2/c1-4(5(6)7)2-3-8(9)10/h4,8H,2-3H2,1H3,(H,6,7)(H,9,10). The quantitative estimate of drug-likeness (QED) is 0.532. The maximum Gasteiger partial charge on any atom is 0.306 e. The van der Waals surface area contributed by atoms with Crippen molar-refractivity contribution in [2.45, 2.75) is 13.3 Å². The fourth-order valence-electron chi connectivity index (χ4n) is 0.463. The van der Waals surface area contributed by atoms with Crippen LogP contribution in [0.15, 0.2) is 0 Å². The van der Waals surface area contributed by atoms with Crippen molar-refractivity contribution in [3.8, 4) is 0 Å². The molecule has 0 rings (SSSR count). The molecular formula is C5H11O2PS2. The Morgan fingerprint density at radius 2 is 2.40 bits per heavy atom. The molecule has 0 saturated carbocycles. The van der Waals surface area contributed by atoms with Gasteiger partial charge in [0.2, 0.25) is 0 Å². The number of rotatable bonds is 4. The van der Waals surface area contributed by atoms with E-state index in [0.29, 0.717) is 6.42 Å². The summed E-state index contributed by atoms with van der Waals surface area (Å²) in [5.41, 5.74) is 0. The molecule has 0 aliphatic heterocycles. The first-order valence-corrected chi connectivity index (χ1v) is 7.11. The van der Waals surface area contributed by atoms with Crippen LogP contribution in [0.5, 0.6) is 0 Å². The summed E-state index contributed by atoms with van der Waals surface area (Å²) in [7, 11) is 0. The minimum Gasteiger partial charge on any atom is -0.481 e. The van der Waals surface area contributed by atoms with E-state index in [9.17, 15) is 4.79 Å². The Bertz CT molecular complexity index is 149. The third-order valence-corrected chi connectivity index (χ3v) is 3.21. The Hall–Kier alpha value is 0.470. The summed E-state index contributed by atoms with van der Waals surface area (Å²) in [6.45, 7) is 1.69. The van der Waals surface area contributed by atoms with E-state index in [1.807, 2.05) is 0 Å². The van der Waals surface area contributed by atoms with Crippen LogP contribution in [0.1, 0.15) is 13.3 Å². The molecule has 0 aliphatic carbocycles. The molecular weight excluding hydrogens is 187 g/mol. The SMILES string of the molecule is CC(CC[PH](=S)S)C(=O)O. The minimum absolute atomic E-state index is 0.268. The molecule has 0 heterocycles. The third-order valence-electron chi connectivity index (χ3n) is 1.21. The van der Waals surface area contributed by atoms with E-state index in [2.05, 4.69) is 12.2 Å². The molecule has 60 valence electrons. The van der Waals surface area contributed by atoms with Crippen molar-refractivity contribution >= 4 is 35.9 Å². The molecule has 0 aromatic heterocycles. The third kappa shape index (κ3) is 5.27. The normalized spacial score (nSPS) is 16.2. The van der Waals surface area contributed by atoms with Crippen molar-refractivity contribution < 1.29 is 9.90 Å². The van der Waals surface area contributed by atoms with Crippen molar-refractivity contribution in [1.29, 1.82) is 0 Å². The highest BCUT2D eigenvalue weighted by Crippen LogP contribution is 2.28. The van der Waals surface area contributed by atoms with Crippen LogP contribution in [0.4, 0.5) is 0 Å².